The molecule has 0 bridgehead atoms. The molecule has 24 heavy (non-hydrogen) atoms. The Labute approximate surface area is 146 Å². The zero-order valence-corrected chi connectivity index (χ0v) is 14.1. The fraction of sp³-hybridized carbons (Fsp3) is 0.263. The molecular formula is C19H19ClN2O2. The number of amides is 2. The monoisotopic (exact) mass is 342 g/mol. The molecule has 0 atom stereocenters. The number of hydrogen-bond acceptors (Lipinski definition) is 2. The van der Waals surface area contributed by atoms with Crippen molar-refractivity contribution in [3.63, 3.8) is 0 Å². The van der Waals surface area contributed by atoms with E-state index in [0.29, 0.717) is 24.4 Å². The first-order valence-electron chi connectivity index (χ1n) is 8.02. The van der Waals surface area contributed by atoms with E-state index in [0.717, 1.165) is 29.8 Å². The summed E-state index contributed by atoms with van der Waals surface area (Å²) in [5, 5.41) is 3.57. The van der Waals surface area contributed by atoms with Crippen LogP contribution < -0.4 is 10.2 Å². The first-order valence-corrected chi connectivity index (χ1v) is 8.40. The molecule has 4 nitrogen and oxygen atoms in total. The van der Waals surface area contributed by atoms with Crippen LogP contribution >= 0.6 is 11.6 Å². The lowest BCUT2D eigenvalue weighted by molar-refractivity contribution is -0.120. The summed E-state index contributed by atoms with van der Waals surface area (Å²) in [4.78, 5) is 25.5. The van der Waals surface area contributed by atoms with Crippen molar-refractivity contribution in [3.8, 4) is 0 Å². The Morgan fingerprint density at radius 1 is 1.04 bits per heavy atom. The van der Waals surface area contributed by atoms with Crippen LogP contribution in [0.15, 0.2) is 48.5 Å². The molecule has 0 aromatic heterocycles. The summed E-state index contributed by atoms with van der Waals surface area (Å²) in [5.41, 5.74) is 2.86. The molecule has 1 aliphatic heterocycles. The highest BCUT2D eigenvalue weighted by molar-refractivity contribution is 6.30. The van der Waals surface area contributed by atoms with Crippen molar-refractivity contribution in [1.82, 2.24) is 5.32 Å². The number of anilines is 1. The molecule has 0 radical (unpaired) electrons. The first-order chi connectivity index (χ1) is 11.6. The molecule has 0 unspecified atom stereocenters. The van der Waals surface area contributed by atoms with Gasteiger partial charge >= 0.3 is 0 Å². The van der Waals surface area contributed by atoms with Gasteiger partial charge in [-0.15, -0.1) is 0 Å². The van der Waals surface area contributed by atoms with E-state index in [9.17, 15) is 9.59 Å². The molecule has 1 fully saturated rings. The molecule has 1 heterocycles. The summed E-state index contributed by atoms with van der Waals surface area (Å²) in [6.07, 6.45) is 1.88. The Hall–Kier alpha value is -2.33. The second-order valence-corrected chi connectivity index (χ2v) is 6.33. The van der Waals surface area contributed by atoms with Crippen molar-refractivity contribution in [1.29, 1.82) is 0 Å². The largest absolute Gasteiger partial charge is 0.352 e. The molecule has 5 heteroatoms. The Morgan fingerprint density at radius 3 is 2.33 bits per heavy atom. The normalized spacial score (nSPS) is 14.0. The number of hydrogen-bond donors (Lipinski definition) is 1. The third-order valence-electron chi connectivity index (χ3n) is 4.09. The second-order valence-electron chi connectivity index (χ2n) is 5.90. The predicted octanol–water partition coefficient (Wildman–Crippen LogP) is 3.33. The summed E-state index contributed by atoms with van der Waals surface area (Å²) < 4.78 is 0. The summed E-state index contributed by atoms with van der Waals surface area (Å²) in [6, 6.07) is 15.0. The number of benzene rings is 2. The second kappa shape index (κ2) is 7.49. The minimum atomic E-state index is -0.0314. The van der Waals surface area contributed by atoms with Crippen LogP contribution in [0.2, 0.25) is 5.02 Å². The number of rotatable bonds is 5. The Kier molecular flexibility index (Phi) is 5.16. The topological polar surface area (TPSA) is 49.4 Å². The molecular weight excluding hydrogens is 324 g/mol. The molecule has 1 aliphatic rings. The third-order valence-corrected chi connectivity index (χ3v) is 4.34. The van der Waals surface area contributed by atoms with Crippen LogP contribution in [0.3, 0.4) is 0 Å². The van der Waals surface area contributed by atoms with E-state index in [4.69, 9.17) is 11.6 Å². The zero-order valence-electron chi connectivity index (χ0n) is 13.3. The van der Waals surface area contributed by atoms with Crippen molar-refractivity contribution >= 4 is 29.1 Å². The number of nitrogens with one attached hydrogen (secondary N) is 1. The molecule has 124 valence electrons. The number of carbonyl (C=O) groups is 2. The van der Waals surface area contributed by atoms with Crippen LogP contribution in [-0.2, 0) is 22.6 Å². The van der Waals surface area contributed by atoms with Crippen molar-refractivity contribution in [2.24, 2.45) is 0 Å². The molecule has 0 aliphatic carbocycles. The van der Waals surface area contributed by atoms with Gasteiger partial charge in [0, 0.05) is 30.2 Å². The van der Waals surface area contributed by atoms with E-state index in [1.54, 1.807) is 12.1 Å². The number of carbonyl (C=O) groups excluding carboxylic acids is 2. The van der Waals surface area contributed by atoms with Crippen molar-refractivity contribution in [3.05, 3.63) is 64.7 Å². The Morgan fingerprint density at radius 2 is 1.71 bits per heavy atom. The minimum absolute atomic E-state index is 0.0314. The highest BCUT2D eigenvalue weighted by atomic mass is 35.5. The molecule has 1 saturated heterocycles. The SMILES string of the molecule is O=C(Cc1ccc(Cl)cc1)NCc1ccc(N2CCCC2=O)cc1. The lowest BCUT2D eigenvalue weighted by atomic mass is 10.1. The van der Waals surface area contributed by atoms with Gasteiger partial charge in [-0.05, 0) is 41.8 Å². The van der Waals surface area contributed by atoms with Gasteiger partial charge in [0.05, 0.1) is 6.42 Å². The van der Waals surface area contributed by atoms with Crippen LogP contribution in [-0.4, -0.2) is 18.4 Å². The zero-order chi connectivity index (χ0) is 16.9. The van der Waals surface area contributed by atoms with Gasteiger partial charge in [0.2, 0.25) is 11.8 Å². The van der Waals surface area contributed by atoms with Crippen molar-refractivity contribution in [2.45, 2.75) is 25.8 Å². The number of halogens is 1. The van der Waals surface area contributed by atoms with Gasteiger partial charge in [-0.25, -0.2) is 0 Å². The average molecular weight is 343 g/mol. The maximum Gasteiger partial charge on any atom is 0.227 e. The van der Waals surface area contributed by atoms with Gasteiger partial charge < -0.3 is 10.2 Å². The fourth-order valence-electron chi connectivity index (χ4n) is 2.77. The molecule has 2 aromatic rings. The first kappa shape index (κ1) is 16.5. The standard InChI is InChI=1S/C19H19ClN2O2/c20-16-7-3-14(4-8-16)12-18(23)21-13-15-5-9-17(10-6-15)22-11-1-2-19(22)24/h3-10H,1-2,11-13H2,(H,21,23). The van der Waals surface area contributed by atoms with E-state index >= 15 is 0 Å². The van der Waals surface area contributed by atoms with Crippen LogP contribution in [0, 0.1) is 0 Å². The Balaban J connectivity index is 1.51. The predicted molar refractivity (Wildman–Crippen MR) is 95.0 cm³/mol. The maximum atomic E-state index is 12.0. The maximum absolute atomic E-state index is 12.0. The van der Waals surface area contributed by atoms with Gasteiger partial charge in [0.15, 0.2) is 0 Å². The smallest absolute Gasteiger partial charge is 0.227 e. The van der Waals surface area contributed by atoms with Gasteiger partial charge in [-0.3, -0.25) is 9.59 Å². The van der Waals surface area contributed by atoms with E-state index in [-0.39, 0.29) is 11.8 Å². The summed E-state index contributed by atoms with van der Waals surface area (Å²) in [7, 11) is 0. The van der Waals surface area contributed by atoms with Gasteiger partial charge in [0.25, 0.3) is 0 Å². The molecule has 3 rings (SSSR count). The van der Waals surface area contributed by atoms with E-state index in [1.807, 2.05) is 41.3 Å². The molecule has 0 spiro atoms. The van der Waals surface area contributed by atoms with E-state index < -0.39 is 0 Å². The van der Waals surface area contributed by atoms with Crippen LogP contribution in [0.25, 0.3) is 0 Å². The molecule has 0 saturated carbocycles. The molecule has 2 aromatic carbocycles. The highest BCUT2D eigenvalue weighted by Crippen LogP contribution is 2.21. The lowest BCUT2D eigenvalue weighted by Gasteiger charge is -2.16. The third kappa shape index (κ3) is 4.15. The molecule has 2 amide bonds. The van der Waals surface area contributed by atoms with Gasteiger partial charge in [-0.2, -0.15) is 0 Å². The van der Waals surface area contributed by atoms with Gasteiger partial charge in [-0.1, -0.05) is 35.9 Å². The highest BCUT2D eigenvalue weighted by Gasteiger charge is 2.21. The lowest BCUT2D eigenvalue weighted by Crippen LogP contribution is -2.25. The quantitative estimate of drug-likeness (QED) is 0.906. The summed E-state index contributed by atoms with van der Waals surface area (Å²) >= 11 is 5.83. The summed E-state index contributed by atoms with van der Waals surface area (Å²) in [6.45, 7) is 1.26. The fourth-order valence-corrected chi connectivity index (χ4v) is 2.89. The van der Waals surface area contributed by atoms with Crippen molar-refractivity contribution < 1.29 is 9.59 Å². The van der Waals surface area contributed by atoms with Crippen LogP contribution in [0.1, 0.15) is 24.0 Å². The number of nitrogens with zero attached hydrogens (tertiary/aromatic N) is 1. The summed E-state index contributed by atoms with van der Waals surface area (Å²) in [5.74, 6) is 0.148. The van der Waals surface area contributed by atoms with E-state index in [1.165, 1.54) is 0 Å². The van der Waals surface area contributed by atoms with E-state index in [2.05, 4.69) is 5.32 Å². The van der Waals surface area contributed by atoms with Crippen LogP contribution in [0.5, 0.6) is 0 Å². The average Bonchev–Trinajstić information content (AvgIpc) is 3.02. The molecule has 1 N–H and O–H groups in total. The van der Waals surface area contributed by atoms with Crippen molar-refractivity contribution in [2.75, 3.05) is 11.4 Å². The Bertz CT molecular complexity index is 726. The van der Waals surface area contributed by atoms with Gasteiger partial charge in [0.1, 0.15) is 0 Å². The van der Waals surface area contributed by atoms with Crippen LogP contribution in [0.4, 0.5) is 5.69 Å². The minimum Gasteiger partial charge on any atom is -0.352 e.